The Hall–Kier alpha value is -1.76. The van der Waals surface area contributed by atoms with Gasteiger partial charge in [-0.1, -0.05) is 29.8 Å². The molecule has 3 rings (SSSR count). The van der Waals surface area contributed by atoms with E-state index in [0.29, 0.717) is 6.04 Å². The molecule has 0 radical (unpaired) electrons. The zero-order valence-corrected chi connectivity index (χ0v) is 11.5. The standard InChI is InChI=1S/C17H19N/c1-11(2)18-16-8-6-5-7-14(16)15-10-12(3)9-13(4)17(15)18/h5-11H,1-4H3. The van der Waals surface area contributed by atoms with Gasteiger partial charge in [0.05, 0.1) is 5.52 Å². The summed E-state index contributed by atoms with van der Waals surface area (Å²) >= 11 is 0. The van der Waals surface area contributed by atoms with E-state index >= 15 is 0 Å². The predicted molar refractivity (Wildman–Crippen MR) is 79.3 cm³/mol. The second-order valence-corrected chi connectivity index (χ2v) is 5.46. The molecule has 92 valence electrons. The first-order valence-electron chi connectivity index (χ1n) is 6.59. The molecule has 0 bridgehead atoms. The molecule has 1 heterocycles. The van der Waals surface area contributed by atoms with Crippen LogP contribution in [0.4, 0.5) is 0 Å². The molecule has 0 atom stereocenters. The van der Waals surface area contributed by atoms with Crippen LogP contribution in [0.1, 0.15) is 31.0 Å². The lowest BCUT2D eigenvalue weighted by Crippen LogP contribution is -2.01. The van der Waals surface area contributed by atoms with Gasteiger partial charge in [0.1, 0.15) is 0 Å². The van der Waals surface area contributed by atoms with Gasteiger partial charge in [0.25, 0.3) is 0 Å². The number of nitrogens with zero attached hydrogens (tertiary/aromatic N) is 1. The fourth-order valence-corrected chi connectivity index (χ4v) is 3.05. The third kappa shape index (κ3) is 1.47. The van der Waals surface area contributed by atoms with Crippen LogP contribution in [0.25, 0.3) is 21.8 Å². The van der Waals surface area contributed by atoms with Gasteiger partial charge in [-0.15, -0.1) is 0 Å². The van der Waals surface area contributed by atoms with Gasteiger partial charge < -0.3 is 4.57 Å². The lowest BCUT2D eigenvalue weighted by atomic mass is 10.1. The van der Waals surface area contributed by atoms with Gasteiger partial charge in [-0.05, 0) is 45.4 Å². The molecule has 0 saturated carbocycles. The van der Waals surface area contributed by atoms with Crippen LogP contribution in [0.2, 0.25) is 0 Å². The number of benzene rings is 2. The van der Waals surface area contributed by atoms with Crippen molar-refractivity contribution in [2.75, 3.05) is 0 Å². The average Bonchev–Trinajstić information content (AvgIpc) is 2.64. The Morgan fingerprint density at radius 3 is 2.39 bits per heavy atom. The minimum Gasteiger partial charge on any atom is -0.338 e. The molecule has 18 heavy (non-hydrogen) atoms. The lowest BCUT2D eigenvalue weighted by molar-refractivity contribution is 0.641. The second-order valence-electron chi connectivity index (χ2n) is 5.46. The fourth-order valence-electron chi connectivity index (χ4n) is 3.05. The molecule has 0 saturated heterocycles. The summed E-state index contributed by atoms with van der Waals surface area (Å²) < 4.78 is 2.46. The van der Waals surface area contributed by atoms with Gasteiger partial charge in [0, 0.05) is 22.3 Å². The van der Waals surface area contributed by atoms with E-state index in [1.807, 2.05) is 0 Å². The molecule has 1 aromatic heterocycles. The molecule has 0 aliphatic heterocycles. The normalized spacial score (nSPS) is 11.8. The number of rotatable bonds is 1. The van der Waals surface area contributed by atoms with Crippen LogP contribution in [-0.4, -0.2) is 4.57 Å². The first kappa shape index (κ1) is 11.3. The van der Waals surface area contributed by atoms with Crippen molar-refractivity contribution in [3.63, 3.8) is 0 Å². The van der Waals surface area contributed by atoms with Crippen molar-refractivity contribution in [2.24, 2.45) is 0 Å². The van der Waals surface area contributed by atoms with E-state index in [1.54, 1.807) is 0 Å². The molecule has 2 aromatic carbocycles. The Balaban J connectivity index is 2.62. The van der Waals surface area contributed by atoms with Crippen LogP contribution in [0, 0.1) is 13.8 Å². The molecule has 0 aliphatic carbocycles. The molecule has 3 aromatic rings. The zero-order chi connectivity index (χ0) is 12.9. The molecule has 1 heteroatoms. The number of aromatic nitrogens is 1. The van der Waals surface area contributed by atoms with Gasteiger partial charge in [-0.3, -0.25) is 0 Å². The molecular weight excluding hydrogens is 218 g/mol. The Kier molecular flexibility index (Phi) is 2.44. The summed E-state index contributed by atoms with van der Waals surface area (Å²) in [6.45, 7) is 8.90. The third-order valence-corrected chi connectivity index (χ3v) is 3.66. The fraction of sp³-hybridized carbons (Fsp3) is 0.294. The van der Waals surface area contributed by atoms with Crippen molar-refractivity contribution in [1.29, 1.82) is 0 Å². The molecule has 0 amide bonds. The molecule has 1 nitrogen and oxygen atoms in total. The largest absolute Gasteiger partial charge is 0.338 e. The maximum Gasteiger partial charge on any atom is 0.0523 e. The minimum atomic E-state index is 0.480. The van der Waals surface area contributed by atoms with Crippen molar-refractivity contribution in [3.05, 3.63) is 47.5 Å². The highest BCUT2D eigenvalue weighted by molar-refractivity contribution is 6.09. The van der Waals surface area contributed by atoms with E-state index in [-0.39, 0.29) is 0 Å². The monoisotopic (exact) mass is 237 g/mol. The maximum absolute atomic E-state index is 2.46. The van der Waals surface area contributed by atoms with E-state index < -0.39 is 0 Å². The van der Waals surface area contributed by atoms with Gasteiger partial charge in [-0.25, -0.2) is 0 Å². The highest BCUT2D eigenvalue weighted by Crippen LogP contribution is 2.34. The van der Waals surface area contributed by atoms with Crippen LogP contribution in [0.15, 0.2) is 36.4 Å². The zero-order valence-electron chi connectivity index (χ0n) is 11.5. The highest BCUT2D eigenvalue weighted by atomic mass is 15.0. The van der Waals surface area contributed by atoms with E-state index in [1.165, 1.54) is 32.9 Å². The van der Waals surface area contributed by atoms with Gasteiger partial charge in [-0.2, -0.15) is 0 Å². The third-order valence-electron chi connectivity index (χ3n) is 3.66. The Bertz CT molecular complexity index is 732. The smallest absolute Gasteiger partial charge is 0.0523 e. The molecule has 0 fully saturated rings. The number of fused-ring (bicyclic) bond motifs is 3. The lowest BCUT2D eigenvalue weighted by Gasteiger charge is -2.13. The summed E-state index contributed by atoms with van der Waals surface area (Å²) in [5.74, 6) is 0. The van der Waals surface area contributed by atoms with Crippen LogP contribution in [0.5, 0.6) is 0 Å². The SMILES string of the molecule is Cc1cc(C)c2c(c1)c1ccccc1n2C(C)C. The Morgan fingerprint density at radius 1 is 0.944 bits per heavy atom. The highest BCUT2D eigenvalue weighted by Gasteiger charge is 2.14. The van der Waals surface area contributed by atoms with Crippen LogP contribution < -0.4 is 0 Å². The minimum absolute atomic E-state index is 0.480. The Morgan fingerprint density at radius 2 is 1.67 bits per heavy atom. The topological polar surface area (TPSA) is 4.93 Å². The summed E-state index contributed by atoms with van der Waals surface area (Å²) in [7, 11) is 0. The predicted octanol–water partition coefficient (Wildman–Crippen LogP) is 4.99. The summed E-state index contributed by atoms with van der Waals surface area (Å²) in [6.07, 6.45) is 0. The summed E-state index contributed by atoms with van der Waals surface area (Å²) in [4.78, 5) is 0. The van der Waals surface area contributed by atoms with E-state index in [4.69, 9.17) is 0 Å². The summed E-state index contributed by atoms with van der Waals surface area (Å²) in [5.41, 5.74) is 5.44. The summed E-state index contributed by atoms with van der Waals surface area (Å²) in [5, 5.41) is 2.75. The molecule has 0 unspecified atom stereocenters. The molecule has 0 N–H and O–H groups in total. The van der Waals surface area contributed by atoms with Crippen LogP contribution >= 0.6 is 0 Å². The van der Waals surface area contributed by atoms with Crippen molar-refractivity contribution in [2.45, 2.75) is 33.7 Å². The molecular formula is C17H19N. The van der Waals surface area contributed by atoms with Gasteiger partial charge in [0.15, 0.2) is 0 Å². The van der Waals surface area contributed by atoms with Crippen molar-refractivity contribution in [1.82, 2.24) is 4.57 Å². The maximum atomic E-state index is 2.46. The number of hydrogen-bond donors (Lipinski definition) is 0. The van der Waals surface area contributed by atoms with Crippen LogP contribution in [-0.2, 0) is 0 Å². The number of hydrogen-bond acceptors (Lipinski definition) is 0. The second kappa shape index (κ2) is 3.88. The van der Waals surface area contributed by atoms with Crippen molar-refractivity contribution in [3.8, 4) is 0 Å². The Labute approximate surface area is 108 Å². The van der Waals surface area contributed by atoms with E-state index in [2.05, 4.69) is 68.7 Å². The number of para-hydroxylation sites is 1. The van der Waals surface area contributed by atoms with Gasteiger partial charge in [0.2, 0.25) is 0 Å². The van der Waals surface area contributed by atoms with Crippen molar-refractivity contribution < 1.29 is 0 Å². The number of aryl methyl sites for hydroxylation is 2. The van der Waals surface area contributed by atoms with Crippen LogP contribution in [0.3, 0.4) is 0 Å². The quantitative estimate of drug-likeness (QED) is 0.561. The average molecular weight is 237 g/mol. The molecule has 0 aliphatic rings. The van der Waals surface area contributed by atoms with Crippen molar-refractivity contribution >= 4 is 21.8 Å². The first-order chi connectivity index (χ1) is 8.59. The van der Waals surface area contributed by atoms with Gasteiger partial charge >= 0.3 is 0 Å². The first-order valence-corrected chi connectivity index (χ1v) is 6.59. The summed E-state index contributed by atoms with van der Waals surface area (Å²) in [6, 6.07) is 13.8. The molecule has 0 spiro atoms. The van der Waals surface area contributed by atoms with E-state index in [9.17, 15) is 0 Å². The van der Waals surface area contributed by atoms with E-state index in [0.717, 1.165) is 0 Å².